The SMILES string of the molecule is CN=C(NCCOCCS(C)(=O)=O)NC1CCCN(Cc2ccccc2)C1.I. The van der Waals surface area contributed by atoms with Crippen LogP contribution in [-0.2, 0) is 21.1 Å². The minimum Gasteiger partial charge on any atom is -0.379 e. The van der Waals surface area contributed by atoms with Crippen molar-refractivity contribution in [1.82, 2.24) is 15.5 Å². The Hall–Kier alpha value is -0.910. The van der Waals surface area contributed by atoms with Gasteiger partial charge in [0.05, 0.1) is 19.0 Å². The molecule has 28 heavy (non-hydrogen) atoms. The van der Waals surface area contributed by atoms with Gasteiger partial charge in [0, 0.05) is 39.0 Å². The molecule has 1 unspecified atom stereocenters. The summed E-state index contributed by atoms with van der Waals surface area (Å²) < 4.78 is 27.5. The lowest BCUT2D eigenvalue weighted by Crippen LogP contribution is -2.51. The summed E-state index contributed by atoms with van der Waals surface area (Å²) in [5.41, 5.74) is 1.34. The number of aliphatic imine (C=N–C) groups is 1. The summed E-state index contributed by atoms with van der Waals surface area (Å²) >= 11 is 0. The molecule has 1 aromatic carbocycles. The Kier molecular flexibility index (Phi) is 12.0. The van der Waals surface area contributed by atoms with Gasteiger partial charge in [-0.25, -0.2) is 8.42 Å². The topological polar surface area (TPSA) is 83.0 Å². The number of piperidine rings is 1. The fraction of sp³-hybridized carbons (Fsp3) is 0.632. The highest BCUT2D eigenvalue weighted by atomic mass is 127. The third-order valence-electron chi connectivity index (χ3n) is 4.46. The zero-order chi connectivity index (χ0) is 19.5. The molecule has 1 aliphatic heterocycles. The predicted molar refractivity (Wildman–Crippen MR) is 125 cm³/mol. The number of hydrogen-bond donors (Lipinski definition) is 2. The molecule has 1 aliphatic rings. The lowest BCUT2D eigenvalue weighted by atomic mass is 10.0. The van der Waals surface area contributed by atoms with Crippen LogP contribution < -0.4 is 10.6 Å². The van der Waals surface area contributed by atoms with Crippen LogP contribution in [0, 0.1) is 0 Å². The zero-order valence-corrected chi connectivity index (χ0v) is 19.9. The van der Waals surface area contributed by atoms with Crippen molar-refractivity contribution >= 4 is 39.8 Å². The molecule has 0 aliphatic carbocycles. The standard InChI is InChI=1S/C19H32N4O3S.HI/c1-20-19(21-10-12-26-13-14-27(2,24)25)22-18-9-6-11-23(16-18)15-17-7-4-3-5-8-17;/h3-5,7-8,18H,6,9-16H2,1-2H3,(H2,20,21,22);1H. The summed E-state index contributed by atoms with van der Waals surface area (Å²) in [4.78, 5) is 6.74. The first-order valence-electron chi connectivity index (χ1n) is 9.45. The number of nitrogens with zero attached hydrogens (tertiary/aromatic N) is 2. The molecule has 160 valence electrons. The van der Waals surface area contributed by atoms with Crippen molar-refractivity contribution in [3.8, 4) is 0 Å². The van der Waals surface area contributed by atoms with Gasteiger partial charge < -0.3 is 15.4 Å². The molecule has 1 aromatic rings. The fourth-order valence-corrected chi connectivity index (χ4v) is 3.52. The van der Waals surface area contributed by atoms with Gasteiger partial charge in [-0.05, 0) is 24.9 Å². The van der Waals surface area contributed by atoms with E-state index in [4.69, 9.17) is 4.74 Å². The first-order valence-corrected chi connectivity index (χ1v) is 11.5. The van der Waals surface area contributed by atoms with E-state index >= 15 is 0 Å². The van der Waals surface area contributed by atoms with Crippen LogP contribution in [0.15, 0.2) is 35.3 Å². The number of hydrogen-bond acceptors (Lipinski definition) is 5. The van der Waals surface area contributed by atoms with Crippen LogP contribution in [0.25, 0.3) is 0 Å². The van der Waals surface area contributed by atoms with Crippen molar-refractivity contribution in [1.29, 1.82) is 0 Å². The molecule has 0 saturated carbocycles. The first kappa shape index (κ1) is 25.1. The molecule has 0 amide bonds. The molecule has 1 fully saturated rings. The molecule has 0 aromatic heterocycles. The minimum atomic E-state index is -2.97. The van der Waals surface area contributed by atoms with Crippen LogP contribution in [-0.4, -0.2) is 77.2 Å². The van der Waals surface area contributed by atoms with Crippen LogP contribution in [0.2, 0.25) is 0 Å². The maximum absolute atomic E-state index is 11.1. The largest absolute Gasteiger partial charge is 0.379 e. The van der Waals surface area contributed by atoms with Crippen LogP contribution >= 0.6 is 24.0 Å². The molecule has 1 atom stereocenters. The average Bonchev–Trinajstić information content (AvgIpc) is 2.64. The van der Waals surface area contributed by atoms with E-state index in [0.29, 0.717) is 19.2 Å². The quantitative estimate of drug-likeness (QED) is 0.221. The number of guanidine groups is 1. The average molecular weight is 524 g/mol. The number of ether oxygens (including phenoxy) is 1. The summed E-state index contributed by atoms with van der Waals surface area (Å²) in [6.45, 7) is 4.33. The van der Waals surface area contributed by atoms with Gasteiger partial charge in [0.2, 0.25) is 0 Å². The lowest BCUT2D eigenvalue weighted by Gasteiger charge is -2.34. The molecule has 1 heterocycles. The number of halogens is 1. The summed E-state index contributed by atoms with van der Waals surface area (Å²) in [5, 5.41) is 6.71. The van der Waals surface area contributed by atoms with Crippen molar-refractivity contribution in [2.75, 3.05) is 51.9 Å². The third-order valence-corrected chi connectivity index (χ3v) is 5.36. The highest BCUT2D eigenvalue weighted by Crippen LogP contribution is 2.13. The van der Waals surface area contributed by atoms with E-state index < -0.39 is 9.84 Å². The molecule has 0 spiro atoms. The fourth-order valence-electron chi connectivity index (χ4n) is 3.10. The number of likely N-dealkylation sites (tertiary alicyclic amines) is 1. The molecule has 2 N–H and O–H groups in total. The van der Waals surface area contributed by atoms with Gasteiger partial charge >= 0.3 is 0 Å². The van der Waals surface area contributed by atoms with E-state index in [-0.39, 0.29) is 36.3 Å². The van der Waals surface area contributed by atoms with Crippen molar-refractivity contribution in [3.05, 3.63) is 35.9 Å². The van der Waals surface area contributed by atoms with Crippen LogP contribution in [0.1, 0.15) is 18.4 Å². The Balaban J connectivity index is 0.00000392. The van der Waals surface area contributed by atoms with E-state index in [9.17, 15) is 8.42 Å². The van der Waals surface area contributed by atoms with Gasteiger partial charge in [-0.2, -0.15) is 0 Å². The molecule has 0 bridgehead atoms. The number of sulfone groups is 1. The van der Waals surface area contributed by atoms with E-state index in [1.54, 1.807) is 7.05 Å². The smallest absolute Gasteiger partial charge is 0.191 e. The van der Waals surface area contributed by atoms with Crippen molar-refractivity contribution < 1.29 is 13.2 Å². The zero-order valence-electron chi connectivity index (χ0n) is 16.8. The van der Waals surface area contributed by atoms with Crippen molar-refractivity contribution in [2.45, 2.75) is 25.4 Å². The van der Waals surface area contributed by atoms with Gasteiger partial charge in [-0.15, -0.1) is 24.0 Å². The van der Waals surface area contributed by atoms with E-state index in [1.807, 2.05) is 6.07 Å². The molecule has 2 rings (SSSR count). The van der Waals surface area contributed by atoms with Crippen LogP contribution in [0.4, 0.5) is 0 Å². The van der Waals surface area contributed by atoms with E-state index in [0.717, 1.165) is 38.4 Å². The molecule has 9 heteroatoms. The second-order valence-electron chi connectivity index (χ2n) is 6.95. The maximum Gasteiger partial charge on any atom is 0.191 e. The summed E-state index contributed by atoms with van der Waals surface area (Å²) in [6.07, 6.45) is 3.50. The monoisotopic (exact) mass is 524 g/mol. The number of rotatable bonds is 9. The third kappa shape index (κ3) is 10.6. The second-order valence-corrected chi connectivity index (χ2v) is 9.21. The minimum absolute atomic E-state index is 0. The number of benzene rings is 1. The summed E-state index contributed by atoms with van der Waals surface area (Å²) in [7, 11) is -1.21. The van der Waals surface area contributed by atoms with E-state index in [2.05, 4.69) is 44.8 Å². The van der Waals surface area contributed by atoms with Gasteiger partial charge in [0.25, 0.3) is 0 Å². The predicted octanol–water partition coefficient (Wildman–Crippen LogP) is 1.50. The van der Waals surface area contributed by atoms with Gasteiger partial charge in [0.15, 0.2) is 5.96 Å². The van der Waals surface area contributed by atoms with E-state index in [1.165, 1.54) is 11.8 Å². The molecule has 7 nitrogen and oxygen atoms in total. The van der Waals surface area contributed by atoms with Gasteiger partial charge in [0.1, 0.15) is 9.84 Å². The Morgan fingerprint density at radius 2 is 2.04 bits per heavy atom. The highest BCUT2D eigenvalue weighted by Gasteiger charge is 2.20. The Bertz CT molecular complexity index is 686. The summed E-state index contributed by atoms with van der Waals surface area (Å²) in [6, 6.07) is 10.9. The summed E-state index contributed by atoms with van der Waals surface area (Å²) in [5.74, 6) is 0.813. The second kappa shape index (κ2) is 13.3. The number of nitrogens with one attached hydrogen (secondary N) is 2. The molecule has 0 radical (unpaired) electrons. The van der Waals surface area contributed by atoms with Crippen LogP contribution in [0.3, 0.4) is 0 Å². The molecular weight excluding hydrogens is 491 g/mol. The Morgan fingerprint density at radius 1 is 1.29 bits per heavy atom. The lowest BCUT2D eigenvalue weighted by molar-refractivity contribution is 0.153. The Morgan fingerprint density at radius 3 is 2.71 bits per heavy atom. The van der Waals surface area contributed by atoms with Gasteiger partial charge in [-0.1, -0.05) is 30.3 Å². The van der Waals surface area contributed by atoms with Crippen LogP contribution in [0.5, 0.6) is 0 Å². The first-order chi connectivity index (χ1) is 13.0. The van der Waals surface area contributed by atoms with Gasteiger partial charge in [-0.3, -0.25) is 9.89 Å². The molecular formula is C19H33IN4O3S. The normalized spacial score (nSPS) is 18.4. The van der Waals surface area contributed by atoms with Crippen molar-refractivity contribution in [3.63, 3.8) is 0 Å². The highest BCUT2D eigenvalue weighted by molar-refractivity contribution is 14.0. The maximum atomic E-state index is 11.1. The van der Waals surface area contributed by atoms with Crippen molar-refractivity contribution in [2.24, 2.45) is 4.99 Å². The Labute approximate surface area is 186 Å². The molecule has 1 saturated heterocycles.